The van der Waals surface area contributed by atoms with Crippen LogP contribution in [0.25, 0.3) is 0 Å². The maximum absolute atomic E-state index is 12.2. The van der Waals surface area contributed by atoms with Crippen molar-refractivity contribution in [2.75, 3.05) is 12.4 Å². The molecule has 6 nitrogen and oxygen atoms in total. The standard InChI is InChI=1S/C16H17ClN2O4S/c1-9-6-11(17)4-5-13(9)23-10(2)15(21)19-16-18-12(8-24-16)7-14(20)22-3/h4-6,8,10H,7H2,1-3H3,(H,18,19,21). The van der Waals surface area contributed by atoms with Crippen molar-refractivity contribution in [2.45, 2.75) is 26.4 Å². The molecule has 1 aromatic carbocycles. The van der Waals surface area contributed by atoms with Gasteiger partial charge in [0.05, 0.1) is 19.2 Å². The van der Waals surface area contributed by atoms with Gasteiger partial charge in [-0.05, 0) is 37.6 Å². The minimum absolute atomic E-state index is 0.0683. The molecule has 0 aliphatic heterocycles. The number of methoxy groups -OCH3 is 1. The van der Waals surface area contributed by atoms with Crippen LogP contribution in [0.15, 0.2) is 23.6 Å². The largest absolute Gasteiger partial charge is 0.481 e. The number of hydrogen-bond acceptors (Lipinski definition) is 6. The number of amides is 1. The fourth-order valence-electron chi connectivity index (χ4n) is 1.86. The van der Waals surface area contributed by atoms with Gasteiger partial charge < -0.3 is 9.47 Å². The summed E-state index contributed by atoms with van der Waals surface area (Å²) in [6.45, 7) is 3.50. The molecule has 0 fully saturated rings. The summed E-state index contributed by atoms with van der Waals surface area (Å²) in [6.07, 6.45) is -0.642. The number of aromatic nitrogens is 1. The summed E-state index contributed by atoms with van der Waals surface area (Å²) in [5, 5.41) is 5.38. The first-order valence-corrected chi connectivity index (χ1v) is 8.39. The molecule has 1 unspecified atom stereocenters. The molecule has 2 aromatic rings. The van der Waals surface area contributed by atoms with E-state index in [-0.39, 0.29) is 18.3 Å². The second-order valence-corrected chi connectivity index (χ2v) is 6.35. The Hall–Kier alpha value is -2.12. The number of halogens is 1. The zero-order chi connectivity index (χ0) is 17.7. The fourth-order valence-corrected chi connectivity index (χ4v) is 2.80. The van der Waals surface area contributed by atoms with E-state index in [0.717, 1.165) is 5.56 Å². The molecule has 0 saturated carbocycles. The van der Waals surface area contributed by atoms with Crippen molar-refractivity contribution >= 4 is 39.9 Å². The van der Waals surface area contributed by atoms with Gasteiger partial charge in [0, 0.05) is 10.4 Å². The molecule has 0 aliphatic carbocycles. The number of thiazole rings is 1. The predicted octanol–water partition coefficient (Wildman–Crippen LogP) is 3.23. The Bertz CT molecular complexity index is 747. The van der Waals surface area contributed by atoms with Crippen LogP contribution in [0, 0.1) is 6.92 Å². The number of ether oxygens (including phenoxy) is 2. The van der Waals surface area contributed by atoms with E-state index < -0.39 is 6.10 Å². The van der Waals surface area contributed by atoms with E-state index in [1.165, 1.54) is 18.4 Å². The molecule has 8 heteroatoms. The molecule has 1 heterocycles. The van der Waals surface area contributed by atoms with Crippen LogP contribution in [0.5, 0.6) is 5.75 Å². The molecule has 1 aromatic heterocycles. The van der Waals surface area contributed by atoms with Crippen molar-refractivity contribution in [3.8, 4) is 5.75 Å². The van der Waals surface area contributed by atoms with E-state index in [2.05, 4.69) is 15.0 Å². The number of nitrogens with one attached hydrogen (secondary N) is 1. The number of carbonyl (C=O) groups excluding carboxylic acids is 2. The van der Waals surface area contributed by atoms with Crippen LogP contribution in [0.4, 0.5) is 5.13 Å². The van der Waals surface area contributed by atoms with Crippen LogP contribution in [-0.2, 0) is 20.7 Å². The monoisotopic (exact) mass is 368 g/mol. The van der Waals surface area contributed by atoms with Gasteiger partial charge in [-0.2, -0.15) is 0 Å². The van der Waals surface area contributed by atoms with Crippen molar-refractivity contribution in [1.29, 1.82) is 0 Å². The lowest BCUT2D eigenvalue weighted by molar-refractivity contribution is -0.139. The van der Waals surface area contributed by atoms with Gasteiger partial charge in [0.25, 0.3) is 5.91 Å². The number of anilines is 1. The van der Waals surface area contributed by atoms with E-state index in [1.807, 2.05) is 6.92 Å². The van der Waals surface area contributed by atoms with Crippen molar-refractivity contribution < 1.29 is 19.1 Å². The highest BCUT2D eigenvalue weighted by Gasteiger charge is 2.18. The first-order chi connectivity index (χ1) is 11.4. The average molecular weight is 369 g/mol. The highest BCUT2D eigenvalue weighted by Crippen LogP contribution is 2.23. The quantitative estimate of drug-likeness (QED) is 0.792. The molecule has 0 bridgehead atoms. The van der Waals surface area contributed by atoms with Gasteiger partial charge in [-0.3, -0.25) is 14.9 Å². The minimum Gasteiger partial charge on any atom is -0.481 e. The lowest BCUT2D eigenvalue weighted by atomic mass is 10.2. The Labute approximate surface area is 148 Å². The molecule has 2 rings (SSSR count). The molecule has 1 N–H and O–H groups in total. The van der Waals surface area contributed by atoms with Crippen LogP contribution < -0.4 is 10.1 Å². The van der Waals surface area contributed by atoms with Crippen LogP contribution in [-0.4, -0.2) is 30.1 Å². The summed E-state index contributed by atoms with van der Waals surface area (Å²) in [4.78, 5) is 27.6. The Kier molecular flexibility index (Phi) is 6.16. The third kappa shape index (κ3) is 4.94. The lowest BCUT2D eigenvalue weighted by Gasteiger charge is -2.15. The summed E-state index contributed by atoms with van der Waals surface area (Å²) in [5.74, 6) is -0.121. The van der Waals surface area contributed by atoms with Crippen molar-refractivity contribution in [3.05, 3.63) is 39.9 Å². The predicted molar refractivity (Wildman–Crippen MR) is 92.7 cm³/mol. The SMILES string of the molecule is COC(=O)Cc1csc(NC(=O)C(C)Oc2ccc(Cl)cc2C)n1. The Morgan fingerprint density at radius 2 is 2.17 bits per heavy atom. The Morgan fingerprint density at radius 3 is 2.83 bits per heavy atom. The Balaban J connectivity index is 1.95. The van der Waals surface area contributed by atoms with Crippen molar-refractivity contribution in [1.82, 2.24) is 4.98 Å². The first kappa shape index (κ1) is 18.2. The van der Waals surface area contributed by atoms with E-state index >= 15 is 0 Å². The highest BCUT2D eigenvalue weighted by atomic mass is 35.5. The van der Waals surface area contributed by atoms with Crippen LogP contribution in [0.3, 0.4) is 0 Å². The number of nitrogens with zero attached hydrogens (tertiary/aromatic N) is 1. The van der Waals surface area contributed by atoms with Gasteiger partial charge in [0.1, 0.15) is 5.75 Å². The number of hydrogen-bond donors (Lipinski definition) is 1. The number of aryl methyl sites for hydroxylation is 1. The minimum atomic E-state index is -0.710. The van der Waals surface area contributed by atoms with Gasteiger partial charge >= 0.3 is 5.97 Å². The second-order valence-electron chi connectivity index (χ2n) is 5.06. The maximum Gasteiger partial charge on any atom is 0.311 e. The lowest BCUT2D eigenvalue weighted by Crippen LogP contribution is -2.30. The number of esters is 1. The number of rotatable bonds is 6. The Morgan fingerprint density at radius 1 is 1.42 bits per heavy atom. The summed E-state index contributed by atoms with van der Waals surface area (Å²) in [6, 6.07) is 5.19. The van der Waals surface area contributed by atoms with Crippen molar-refractivity contribution in [2.24, 2.45) is 0 Å². The molecule has 128 valence electrons. The van der Waals surface area contributed by atoms with E-state index in [1.54, 1.807) is 30.5 Å². The van der Waals surface area contributed by atoms with Gasteiger partial charge in [-0.25, -0.2) is 4.98 Å². The summed E-state index contributed by atoms with van der Waals surface area (Å²) < 4.78 is 10.2. The first-order valence-electron chi connectivity index (χ1n) is 7.14. The molecule has 1 amide bonds. The third-order valence-corrected chi connectivity index (χ3v) is 4.19. The van der Waals surface area contributed by atoms with Crippen LogP contribution in [0.1, 0.15) is 18.2 Å². The number of benzene rings is 1. The van der Waals surface area contributed by atoms with Crippen LogP contribution >= 0.6 is 22.9 Å². The molecule has 1 atom stereocenters. The van der Waals surface area contributed by atoms with E-state index in [0.29, 0.717) is 21.6 Å². The van der Waals surface area contributed by atoms with Gasteiger partial charge in [0.15, 0.2) is 11.2 Å². The molecular weight excluding hydrogens is 352 g/mol. The van der Waals surface area contributed by atoms with Gasteiger partial charge in [-0.15, -0.1) is 11.3 Å². The maximum atomic E-state index is 12.2. The van der Waals surface area contributed by atoms with Crippen LogP contribution in [0.2, 0.25) is 5.02 Å². The third-order valence-electron chi connectivity index (χ3n) is 3.14. The van der Waals surface area contributed by atoms with E-state index in [4.69, 9.17) is 16.3 Å². The average Bonchev–Trinajstić information content (AvgIpc) is 2.96. The zero-order valence-corrected chi connectivity index (χ0v) is 15.0. The highest BCUT2D eigenvalue weighted by molar-refractivity contribution is 7.13. The second kappa shape index (κ2) is 8.12. The summed E-state index contributed by atoms with van der Waals surface area (Å²) >= 11 is 7.13. The topological polar surface area (TPSA) is 77.5 Å². The van der Waals surface area contributed by atoms with E-state index in [9.17, 15) is 9.59 Å². The summed E-state index contributed by atoms with van der Waals surface area (Å²) in [5.41, 5.74) is 1.39. The van der Waals surface area contributed by atoms with Crippen molar-refractivity contribution in [3.63, 3.8) is 0 Å². The molecule has 0 aliphatic rings. The smallest absolute Gasteiger partial charge is 0.311 e. The molecule has 24 heavy (non-hydrogen) atoms. The van der Waals surface area contributed by atoms with Gasteiger partial charge in [0.2, 0.25) is 0 Å². The van der Waals surface area contributed by atoms with Gasteiger partial charge in [-0.1, -0.05) is 11.6 Å². The molecule has 0 radical (unpaired) electrons. The molecular formula is C16H17ClN2O4S. The molecule has 0 saturated heterocycles. The molecule has 0 spiro atoms. The number of carbonyl (C=O) groups is 2. The normalized spacial score (nSPS) is 11.7. The summed E-state index contributed by atoms with van der Waals surface area (Å²) in [7, 11) is 1.31. The zero-order valence-electron chi connectivity index (χ0n) is 13.5. The fraction of sp³-hybridized carbons (Fsp3) is 0.312.